The average molecular weight is 269 g/mol. The molecule has 1 N–H and O–H groups in total. The monoisotopic (exact) mass is 268 g/mol. The van der Waals surface area contributed by atoms with E-state index >= 15 is 0 Å². The summed E-state index contributed by atoms with van der Waals surface area (Å²) in [5.41, 5.74) is 1.13. The Morgan fingerprint density at radius 2 is 2.00 bits per heavy atom. The molecule has 1 aromatic carbocycles. The Balaban J connectivity index is 2.24. The summed E-state index contributed by atoms with van der Waals surface area (Å²) in [6, 6.07) is 7.63. The Bertz CT molecular complexity index is 365. The summed E-state index contributed by atoms with van der Waals surface area (Å²) in [4.78, 5) is 13.5. The van der Waals surface area contributed by atoms with Crippen LogP contribution in [-0.4, -0.2) is 30.9 Å². The molecule has 1 rings (SSSR count). The fraction of sp³-hybridized carbons (Fsp3) is 0.500. The predicted molar refractivity (Wildman–Crippen MR) is 75.7 cm³/mol. The number of nitrogens with one attached hydrogen (secondary N) is 1. The quantitative estimate of drug-likeness (QED) is 0.825. The molecule has 0 fully saturated rings. The molecular weight excluding hydrogens is 248 g/mol. The van der Waals surface area contributed by atoms with Gasteiger partial charge in [0.05, 0.1) is 6.54 Å². The molecule has 0 bridgehead atoms. The summed E-state index contributed by atoms with van der Waals surface area (Å²) in [6.45, 7) is 4.02. The second-order valence-electron chi connectivity index (χ2n) is 4.40. The van der Waals surface area contributed by atoms with E-state index < -0.39 is 0 Å². The van der Waals surface area contributed by atoms with E-state index in [2.05, 4.69) is 12.2 Å². The van der Waals surface area contributed by atoms with Crippen molar-refractivity contribution in [2.24, 2.45) is 0 Å². The number of halogens is 1. The molecule has 0 aliphatic heterocycles. The first-order chi connectivity index (χ1) is 8.63. The first-order valence-electron chi connectivity index (χ1n) is 6.32. The van der Waals surface area contributed by atoms with E-state index in [1.54, 1.807) is 4.90 Å². The van der Waals surface area contributed by atoms with E-state index in [0.717, 1.165) is 30.0 Å². The second kappa shape index (κ2) is 8.11. The zero-order chi connectivity index (χ0) is 13.4. The van der Waals surface area contributed by atoms with Gasteiger partial charge in [-0.2, -0.15) is 0 Å². The third-order valence-electron chi connectivity index (χ3n) is 2.79. The lowest BCUT2D eigenvalue weighted by Gasteiger charge is -2.17. The molecule has 1 amide bonds. The van der Waals surface area contributed by atoms with Crippen LogP contribution >= 0.6 is 11.6 Å². The molecule has 18 heavy (non-hydrogen) atoms. The van der Waals surface area contributed by atoms with Gasteiger partial charge in [-0.15, -0.1) is 0 Å². The molecule has 0 heterocycles. The number of nitrogens with zero attached hydrogens (tertiary/aromatic N) is 1. The van der Waals surface area contributed by atoms with Crippen LogP contribution in [0.5, 0.6) is 0 Å². The van der Waals surface area contributed by atoms with Crippen molar-refractivity contribution in [2.75, 3.05) is 20.1 Å². The molecule has 0 aromatic heterocycles. The normalized spacial score (nSPS) is 10.4. The highest BCUT2D eigenvalue weighted by molar-refractivity contribution is 6.30. The third kappa shape index (κ3) is 5.52. The van der Waals surface area contributed by atoms with Crippen LogP contribution in [0.1, 0.15) is 25.3 Å². The Hall–Kier alpha value is -1.06. The number of hydrogen-bond donors (Lipinski definition) is 1. The van der Waals surface area contributed by atoms with E-state index in [9.17, 15) is 4.79 Å². The molecule has 0 atom stereocenters. The van der Waals surface area contributed by atoms with Crippen molar-refractivity contribution in [3.8, 4) is 0 Å². The van der Waals surface area contributed by atoms with E-state index in [4.69, 9.17) is 11.6 Å². The number of likely N-dealkylation sites (N-methyl/N-ethyl adjacent to an activating group) is 1. The third-order valence-corrected chi connectivity index (χ3v) is 3.04. The standard InChI is InChI=1S/C14H21ClN2O/c1-3-4-9-17(2)14(18)11-16-10-12-5-7-13(15)8-6-12/h5-8,16H,3-4,9-11H2,1-2H3. The minimum atomic E-state index is 0.136. The van der Waals surface area contributed by atoms with E-state index in [0.29, 0.717) is 13.1 Å². The Labute approximate surface area is 114 Å². The second-order valence-corrected chi connectivity index (χ2v) is 4.84. The SMILES string of the molecule is CCCCN(C)C(=O)CNCc1ccc(Cl)cc1. The first-order valence-corrected chi connectivity index (χ1v) is 6.70. The van der Waals surface area contributed by atoms with Crippen molar-refractivity contribution in [2.45, 2.75) is 26.3 Å². The van der Waals surface area contributed by atoms with Gasteiger partial charge in [0, 0.05) is 25.2 Å². The topological polar surface area (TPSA) is 32.3 Å². The van der Waals surface area contributed by atoms with Gasteiger partial charge in [-0.3, -0.25) is 4.79 Å². The molecule has 1 aromatic rings. The van der Waals surface area contributed by atoms with Crippen LogP contribution in [0.25, 0.3) is 0 Å². The van der Waals surface area contributed by atoms with Gasteiger partial charge in [0.2, 0.25) is 5.91 Å². The van der Waals surface area contributed by atoms with Crippen molar-refractivity contribution in [3.63, 3.8) is 0 Å². The molecule has 0 aliphatic carbocycles. The van der Waals surface area contributed by atoms with Crippen molar-refractivity contribution in [1.82, 2.24) is 10.2 Å². The van der Waals surface area contributed by atoms with E-state index in [1.807, 2.05) is 31.3 Å². The van der Waals surface area contributed by atoms with Crippen LogP contribution < -0.4 is 5.32 Å². The fourth-order valence-electron chi connectivity index (χ4n) is 1.57. The zero-order valence-corrected chi connectivity index (χ0v) is 11.8. The number of amides is 1. The maximum absolute atomic E-state index is 11.7. The van der Waals surface area contributed by atoms with Crippen molar-refractivity contribution in [1.29, 1.82) is 0 Å². The van der Waals surface area contributed by atoms with E-state index in [1.165, 1.54) is 0 Å². The summed E-state index contributed by atoms with van der Waals surface area (Å²) in [6.07, 6.45) is 2.16. The number of carbonyl (C=O) groups excluding carboxylic acids is 1. The first kappa shape index (κ1) is 15.0. The number of hydrogen-bond acceptors (Lipinski definition) is 2. The van der Waals surface area contributed by atoms with Gasteiger partial charge in [0.15, 0.2) is 0 Å². The van der Waals surface area contributed by atoms with Crippen LogP contribution in [0.4, 0.5) is 0 Å². The van der Waals surface area contributed by atoms with Crippen LogP contribution in [-0.2, 0) is 11.3 Å². The summed E-state index contributed by atoms with van der Waals surface area (Å²) < 4.78 is 0. The van der Waals surface area contributed by atoms with Crippen LogP contribution in [0, 0.1) is 0 Å². The molecule has 0 saturated heterocycles. The zero-order valence-electron chi connectivity index (χ0n) is 11.1. The molecule has 0 spiro atoms. The lowest BCUT2D eigenvalue weighted by Crippen LogP contribution is -2.35. The number of benzene rings is 1. The molecule has 100 valence electrons. The molecule has 0 aliphatic rings. The smallest absolute Gasteiger partial charge is 0.236 e. The van der Waals surface area contributed by atoms with Crippen molar-refractivity contribution < 1.29 is 4.79 Å². The molecule has 0 saturated carbocycles. The maximum Gasteiger partial charge on any atom is 0.236 e. The summed E-state index contributed by atoms with van der Waals surface area (Å²) in [5.74, 6) is 0.136. The van der Waals surface area contributed by atoms with Crippen LogP contribution in [0.15, 0.2) is 24.3 Å². The lowest BCUT2D eigenvalue weighted by molar-refractivity contribution is -0.129. The van der Waals surface area contributed by atoms with E-state index in [-0.39, 0.29) is 5.91 Å². The van der Waals surface area contributed by atoms with Gasteiger partial charge in [-0.1, -0.05) is 37.1 Å². The maximum atomic E-state index is 11.7. The van der Waals surface area contributed by atoms with Crippen LogP contribution in [0.2, 0.25) is 5.02 Å². The van der Waals surface area contributed by atoms with Gasteiger partial charge < -0.3 is 10.2 Å². The number of rotatable bonds is 7. The Morgan fingerprint density at radius 3 is 2.61 bits per heavy atom. The van der Waals surface area contributed by atoms with Gasteiger partial charge >= 0.3 is 0 Å². The Kier molecular flexibility index (Phi) is 6.76. The summed E-state index contributed by atoms with van der Waals surface area (Å²) in [7, 11) is 1.85. The Morgan fingerprint density at radius 1 is 1.33 bits per heavy atom. The highest BCUT2D eigenvalue weighted by Crippen LogP contribution is 2.08. The lowest BCUT2D eigenvalue weighted by atomic mass is 10.2. The van der Waals surface area contributed by atoms with Gasteiger partial charge in [0.25, 0.3) is 0 Å². The molecule has 3 nitrogen and oxygen atoms in total. The largest absolute Gasteiger partial charge is 0.345 e. The minimum absolute atomic E-state index is 0.136. The van der Waals surface area contributed by atoms with Gasteiger partial charge in [-0.05, 0) is 24.1 Å². The number of carbonyl (C=O) groups is 1. The van der Waals surface area contributed by atoms with Gasteiger partial charge in [0.1, 0.15) is 0 Å². The highest BCUT2D eigenvalue weighted by Gasteiger charge is 2.06. The summed E-state index contributed by atoms with van der Waals surface area (Å²) in [5, 5.41) is 3.87. The molecule has 0 unspecified atom stereocenters. The molecular formula is C14H21ClN2O. The summed E-state index contributed by atoms with van der Waals surface area (Å²) >= 11 is 5.81. The van der Waals surface area contributed by atoms with Gasteiger partial charge in [-0.25, -0.2) is 0 Å². The molecule has 4 heteroatoms. The van der Waals surface area contributed by atoms with Crippen molar-refractivity contribution >= 4 is 17.5 Å². The fourth-order valence-corrected chi connectivity index (χ4v) is 1.70. The molecule has 0 radical (unpaired) electrons. The average Bonchev–Trinajstić information content (AvgIpc) is 2.38. The van der Waals surface area contributed by atoms with Crippen molar-refractivity contribution in [3.05, 3.63) is 34.9 Å². The minimum Gasteiger partial charge on any atom is -0.345 e. The number of unbranched alkanes of at least 4 members (excludes halogenated alkanes) is 1. The predicted octanol–water partition coefficient (Wildman–Crippen LogP) is 2.69. The van der Waals surface area contributed by atoms with Crippen LogP contribution in [0.3, 0.4) is 0 Å². The highest BCUT2D eigenvalue weighted by atomic mass is 35.5.